The molecule has 0 amide bonds. The second-order valence-electron chi connectivity index (χ2n) is 7.50. The molecule has 3 heterocycles. The summed E-state index contributed by atoms with van der Waals surface area (Å²) in [4.78, 5) is 20.2. The van der Waals surface area contributed by atoms with Crippen LogP contribution in [-0.4, -0.2) is 38.7 Å². The second kappa shape index (κ2) is 6.72. The Morgan fingerprint density at radius 2 is 1.96 bits per heavy atom. The van der Waals surface area contributed by atoms with Crippen molar-refractivity contribution in [2.45, 2.75) is 33.2 Å². The van der Waals surface area contributed by atoms with Gasteiger partial charge >= 0.3 is 5.69 Å². The zero-order valence-electron chi connectivity index (χ0n) is 15.6. The van der Waals surface area contributed by atoms with E-state index < -0.39 is 0 Å². The number of fused-ring (bicyclic) bond motifs is 2. The number of allylic oxidation sites excluding steroid dienone is 1. The van der Waals surface area contributed by atoms with Crippen LogP contribution in [-0.2, 0) is 6.54 Å². The molecule has 1 fully saturated rings. The van der Waals surface area contributed by atoms with E-state index in [-0.39, 0.29) is 11.6 Å². The molecule has 1 aliphatic rings. The summed E-state index contributed by atoms with van der Waals surface area (Å²) in [6, 6.07) is 8.08. The number of nitrogens with zero attached hydrogens (tertiary/aromatic N) is 4. The summed E-state index contributed by atoms with van der Waals surface area (Å²) in [5, 5.41) is 1.04. The number of pyridine rings is 1. The van der Waals surface area contributed by atoms with Crippen molar-refractivity contribution in [1.82, 2.24) is 19.0 Å². The number of aromatic nitrogens is 3. The summed E-state index contributed by atoms with van der Waals surface area (Å²) in [6.45, 7) is 12.2. The van der Waals surface area contributed by atoms with Gasteiger partial charge < -0.3 is 4.90 Å². The summed E-state index contributed by atoms with van der Waals surface area (Å²) >= 11 is 0. The fraction of sp³-hybridized carbons (Fsp3) is 0.429. The van der Waals surface area contributed by atoms with Crippen molar-refractivity contribution in [3.05, 3.63) is 47.5 Å². The first-order valence-corrected chi connectivity index (χ1v) is 9.48. The molecule has 0 radical (unpaired) electrons. The summed E-state index contributed by atoms with van der Waals surface area (Å²) in [6.07, 6.45) is 4.32. The van der Waals surface area contributed by atoms with Crippen LogP contribution in [0.4, 0.5) is 0 Å². The average Bonchev–Trinajstić information content (AvgIpc) is 3.23. The molecule has 5 nitrogen and oxygen atoms in total. The molecular weight excluding hydrogens is 324 g/mol. The predicted octanol–water partition coefficient (Wildman–Crippen LogP) is 3.57. The smallest absolute Gasteiger partial charge is 0.302 e. The van der Waals surface area contributed by atoms with Gasteiger partial charge in [-0.25, -0.2) is 4.79 Å². The Labute approximate surface area is 153 Å². The van der Waals surface area contributed by atoms with Gasteiger partial charge in [-0.3, -0.25) is 14.1 Å². The highest BCUT2D eigenvalue weighted by molar-refractivity contribution is 5.94. The fourth-order valence-electron chi connectivity index (χ4n) is 3.82. The summed E-state index contributed by atoms with van der Waals surface area (Å²) in [5.74, 6) is 0.204. The summed E-state index contributed by atoms with van der Waals surface area (Å²) < 4.78 is 3.69. The first-order valence-electron chi connectivity index (χ1n) is 9.48. The molecule has 2 aromatic heterocycles. The normalized spacial score (nSPS) is 15.5. The van der Waals surface area contributed by atoms with E-state index in [9.17, 15) is 4.79 Å². The van der Waals surface area contributed by atoms with Crippen molar-refractivity contribution in [2.24, 2.45) is 5.92 Å². The van der Waals surface area contributed by atoms with E-state index in [0.29, 0.717) is 6.54 Å². The van der Waals surface area contributed by atoms with Crippen LogP contribution in [0.25, 0.3) is 27.6 Å². The highest BCUT2D eigenvalue weighted by atomic mass is 16.1. The quantitative estimate of drug-likeness (QED) is 0.706. The van der Waals surface area contributed by atoms with Crippen LogP contribution in [0.5, 0.6) is 0 Å². The van der Waals surface area contributed by atoms with Crippen molar-refractivity contribution in [1.29, 1.82) is 0 Å². The molecule has 0 aliphatic carbocycles. The minimum Gasteiger partial charge on any atom is -0.302 e. The molecule has 0 unspecified atom stereocenters. The first-order chi connectivity index (χ1) is 12.6. The molecule has 4 rings (SSSR count). The van der Waals surface area contributed by atoms with Crippen molar-refractivity contribution in [2.75, 3.05) is 19.6 Å². The monoisotopic (exact) mass is 350 g/mol. The Morgan fingerprint density at radius 1 is 1.19 bits per heavy atom. The minimum absolute atomic E-state index is 0.00760. The van der Waals surface area contributed by atoms with Crippen LogP contribution >= 0.6 is 0 Å². The first kappa shape index (κ1) is 17.0. The van der Waals surface area contributed by atoms with E-state index in [1.54, 1.807) is 10.8 Å². The van der Waals surface area contributed by atoms with Crippen molar-refractivity contribution in [3.8, 4) is 0 Å². The lowest BCUT2D eigenvalue weighted by atomic mass is 10.1. The maximum Gasteiger partial charge on any atom is 0.333 e. The zero-order valence-corrected chi connectivity index (χ0v) is 15.6. The molecule has 136 valence electrons. The summed E-state index contributed by atoms with van der Waals surface area (Å²) in [5.41, 5.74) is 3.64. The highest BCUT2D eigenvalue weighted by Crippen LogP contribution is 2.25. The molecular formula is C21H26N4O. The lowest BCUT2D eigenvalue weighted by Gasteiger charge is -2.14. The van der Waals surface area contributed by atoms with Crippen LogP contribution < -0.4 is 5.69 Å². The summed E-state index contributed by atoms with van der Waals surface area (Å²) in [7, 11) is 0. The van der Waals surface area contributed by atoms with Gasteiger partial charge in [-0.05, 0) is 50.0 Å². The largest absolute Gasteiger partial charge is 0.333 e. The van der Waals surface area contributed by atoms with Crippen LogP contribution in [0.2, 0.25) is 0 Å². The van der Waals surface area contributed by atoms with Gasteiger partial charge in [0.15, 0.2) is 0 Å². The van der Waals surface area contributed by atoms with Crippen LogP contribution in [0.3, 0.4) is 0 Å². The number of hydrogen-bond acceptors (Lipinski definition) is 3. The lowest BCUT2D eigenvalue weighted by Crippen LogP contribution is -2.30. The molecule has 0 N–H and O–H groups in total. The Kier molecular flexibility index (Phi) is 4.41. The number of likely N-dealkylation sites (tertiary alicyclic amines) is 1. The Bertz CT molecular complexity index is 1020. The Balaban J connectivity index is 1.88. The second-order valence-corrected chi connectivity index (χ2v) is 7.50. The van der Waals surface area contributed by atoms with Gasteiger partial charge in [0, 0.05) is 30.4 Å². The third-order valence-corrected chi connectivity index (χ3v) is 5.45. The molecule has 26 heavy (non-hydrogen) atoms. The van der Waals surface area contributed by atoms with Gasteiger partial charge in [-0.1, -0.05) is 26.5 Å². The third-order valence-electron chi connectivity index (χ3n) is 5.45. The highest BCUT2D eigenvalue weighted by Gasteiger charge is 2.19. The van der Waals surface area contributed by atoms with E-state index in [4.69, 9.17) is 0 Å². The topological polar surface area (TPSA) is 43.1 Å². The maximum absolute atomic E-state index is 13.2. The number of rotatable bonds is 5. The Hall–Kier alpha value is -2.40. The molecule has 0 bridgehead atoms. The number of hydrogen-bond donors (Lipinski definition) is 0. The van der Waals surface area contributed by atoms with Crippen LogP contribution in [0.15, 0.2) is 41.8 Å². The fourth-order valence-corrected chi connectivity index (χ4v) is 3.82. The zero-order chi connectivity index (χ0) is 18.3. The van der Waals surface area contributed by atoms with E-state index in [1.165, 1.54) is 12.8 Å². The third kappa shape index (κ3) is 2.86. The van der Waals surface area contributed by atoms with Crippen molar-refractivity contribution in [3.63, 3.8) is 0 Å². The molecule has 0 spiro atoms. The van der Waals surface area contributed by atoms with Crippen LogP contribution in [0, 0.1) is 5.92 Å². The Morgan fingerprint density at radius 3 is 2.69 bits per heavy atom. The van der Waals surface area contributed by atoms with Gasteiger partial charge in [-0.2, -0.15) is 0 Å². The van der Waals surface area contributed by atoms with Gasteiger partial charge in [0.05, 0.1) is 16.6 Å². The number of benzene rings is 1. The van der Waals surface area contributed by atoms with Gasteiger partial charge in [0.1, 0.15) is 0 Å². The van der Waals surface area contributed by atoms with E-state index in [0.717, 1.165) is 47.3 Å². The molecule has 0 saturated carbocycles. The molecule has 5 heteroatoms. The minimum atomic E-state index is 0.00760. The predicted molar refractivity (Wildman–Crippen MR) is 107 cm³/mol. The molecule has 0 atom stereocenters. The van der Waals surface area contributed by atoms with Gasteiger partial charge in [-0.15, -0.1) is 0 Å². The van der Waals surface area contributed by atoms with Crippen molar-refractivity contribution >= 4 is 27.6 Å². The molecule has 3 aromatic rings. The average molecular weight is 350 g/mol. The lowest BCUT2D eigenvalue weighted by molar-refractivity contribution is 0.322. The SMILES string of the molecule is C=C(C(C)C)n1c(=O)n(CCN2CCCC2)c2cc3ncccc3cc21. The molecule has 1 aromatic carbocycles. The maximum atomic E-state index is 13.2. The number of imidazole rings is 1. The van der Waals surface area contributed by atoms with Gasteiger partial charge in [0.25, 0.3) is 0 Å². The van der Waals surface area contributed by atoms with E-state index in [1.807, 2.05) is 22.8 Å². The van der Waals surface area contributed by atoms with E-state index in [2.05, 4.69) is 36.4 Å². The van der Waals surface area contributed by atoms with Crippen molar-refractivity contribution < 1.29 is 0 Å². The van der Waals surface area contributed by atoms with E-state index >= 15 is 0 Å². The molecule has 1 aliphatic heterocycles. The van der Waals surface area contributed by atoms with Gasteiger partial charge in [0.2, 0.25) is 0 Å². The standard InChI is InChI=1S/C21H26N4O/c1-15(2)16(3)25-20-13-17-7-6-8-22-18(17)14-19(20)24(21(25)26)12-11-23-9-4-5-10-23/h6-8,13-15H,3-5,9-12H2,1-2H3. The van der Waals surface area contributed by atoms with Crippen LogP contribution in [0.1, 0.15) is 26.7 Å². The molecule has 1 saturated heterocycles.